The molecule has 6 heterocycles. The zero-order valence-electron chi connectivity index (χ0n) is 20.6. The van der Waals surface area contributed by atoms with Gasteiger partial charge in [-0.3, -0.25) is 19.9 Å². The van der Waals surface area contributed by atoms with Crippen molar-refractivity contribution in [2.75, 3.05) is 5.32 Å². The van der Waals surface area contributed by atoms with Crippen molar-refractivity contribution in [2.24, 2.45) is 5.41 Å². The Balaban J connectivity index is 1.40. The molecule has 0 atom stereocenters. The molecule has 0 aliphatic heterocycles. The predicted octanol–water partition coefficient (Wildman–Crippen LogP) is 5.61. The molecule has 9 heteroatoms. The molecule has 0 aliphatic rings. The van der Waals surface area contributed by atoms with Gasteiger partial charge in [0.05, 0.1) is 17.6 Å². The first-order valence-corrected chi connectivity index (χ1v) is 11.9. The van der Waals surface area contributed by atoms with Crippen LogP contribution in [0.1, 0.15) is 20.8 Å². The van der Waals surface area contributed by atoms with Crippen molar-refractivity contribution in [3.63, 3.8) is 0 Å². The van der Waals surface area contributed by atoms with Crippen LogP contribution in [0.25, 0.3) is 55.7 Å². The van der Waals surface area contributed by atoms with Crippen LogP contribution in [0.4, 0.5) is 5.69 Å². The number of H-pyrrole nitrogens is 2. The third-order valence-electron chi connectivity index (χ3n) is 6.19. The topological polar surface area (TPSA) is 125 Å². The second kappa shape index (κ2) is 8.63. The first kappa shape index (κ1) is 22.5. The van der Waals surface area contributed by atoms with E-state index in [-0.39, 0.29) is 5.91 Å². The van der Waals surface area contributed by atoms with Gasteiger partial charge in [-0.25, -0.2) is 9.97 Å². The molecule has 0 fully saturated rings. The van der Waals surface area contributed by atoms with Crippen LogP contribution >= 0.6 is 0 Å². The average molecular weight is 489 g/mol. The normalized spacial score (nSPS) is 11.8. The Hall–Kier alpha value is -4.92. The Morgan fingerprint density at radius 3 is 2.49 bits per heavy atom. The molecule has 0 aliphatic carbocycles. The van der Waals surface area contributed by atoms with Crippen LogP contribution in [0, 0.1) is 5.41 Å². The van der Waals surface area contributed by atoms with E-state index in [0.717, 1.165) is 50.1 Å². The van der Waals surface area contributed by atoms with Gasteiger partial charge in [0.25, 0.3) is 0 Å². The highest BCUT2D eigenvalue weighted by molar-refractivity contribution is 6.00. The van der Waals surface area contributed by atoms with Gasteiger partial charge in [-0.15, -0.1) is 0 Å². The van der Waals surface area contributed by atoms with Crippen molar-refractivity contribution in [3.05, 3.63) is 73.6 Å². The summed E-state index contributed by atoms with van der Waals surface area (Å²) in [5.41, 5.74) is 6.89. The van der Waals surface area contributed by atoms with Gasteiger partial charge in [-0.05, 0) is 35.9 Å². The number of anilines is 1. The first-order chi connectivity index (χ1) is 17.9. The van der Waals surface area contributed by atoms with Crippen molar-refractivity contribution >= 4 is 33.7 Å². The van der Waals surface area contributed by atoms with Crippen LogP contribution in [-0.4, -0.2) is 41.0 Å². The summed E-state index contributed by atoms with van der Waals surface area (Å²) < 4.78 is 0. The standard InChI is InChI=1S/C28H24N8O/c1-28(2,3)27(37)33-19-9-17(13-30-15-19)18-10-22-24(35-36-26(22)32-14-18)23-11-21-20(6-8-31-25(21)34-23)16-5-4-7-29-12-16/h4-15H,1-3H3,(H,31,34)(H,33,37)(H,32,35,36). The van der Waals surface area contributed by atoms with Gasteiger partial charge in [0, 0.05) is 63.9 Å². The molecular weight excluding hydrogens is 464 g/mol. The largest absolute Gasteiger partial charge is 0.338 e. The SMILES string of the molecule is CC(C)(C)C(=O)Nc1cncc(-c2cnc3[nH]nc(-c4cc5c(-c6cccnc6)ccnc5[nH]4)c3c2)c1. The molecule has 6 rings (SSSR count). The molecule has 1 amide bonds. The van der Waals surface area contributed by atoms with Crippen molar-refractivity contribution in [3.8, 4) is 33.6 Å². The molecule has 0 spiro atoms. The Morgan fingerprint density at radius 2 is 1.68 bits per heavy atom. The van der Waals surface area contributed by atoms with E-state index in [2.05, 4.69) is 46.5 Å². The molecule has 0 saturated carbocycles. The van der Waals surface area contributed by atoms with Gasteiger partial charge in [0.15, 0.2) is 5.65 Å². The van der Waals surface area contributed by atoms with E-state index in [4.69, 9.17) is 0 Å². The number of aromatic amines is 2. The summed E-state index contributed by atoms with van der Waals surface area (Å²) in [5, 5.41) is 12.4. The van der Waals surface area contributed by atoms with E-state index >= 15 is 0 Å². The highest BCUT2D eigenvalue weighted by Crippen LogP contribution is 2.34. The van der Waals surface area contributed by atoms with Crippen molar-refractivity contribution in [1.29, 1.82) is 0 Å². The quantitative estimate of drug-likeness (QED) is 0.296. The lowest BCUT2D eigenvalue weighted by Crippen LogP contribution is -2.27. The molecule has 0 aromatic carbocycles. The van der Waals surface area contributed by atoms with Crippen molar-refractivity contribution in [1.82, 2.24) is 35.1 Å². The predicted molar refractivity (Wildman–Crippen MR) is 144 cm³/mol. The van der Waals surface area contributed by atoms with Gasteiger partial charge in [-0.1, -0.05) is 26.8 Å². The fourth-order valence-electron chi connectivity index (χ4n) is 4.18. The maximum absolute atomic E-state index is 12.4. The molecular formula is C28H24N8O. The van der Waals surface area contributed by atoms with Gasteiger partial charge in [0.1, 0.15) is 11.3 Å². The van der Waals surface area contributed by atoms with Crippen LogP contribution < -0.4 is 5.32 Å². The zero-order valence-corrected chi connectivity index (χ0v) is 20.6. The molecule has 0 saturated heterocycles. The fraction of sp³-hybridized carbons (Fsp3) is 0.143. The van der Waals surface area contributed by atoms with E-state index in [1.807, 2.05) is 57.3 Å². The molecule has 6 aromatic rings. The summed E-state index contributed by atoms with van der Waals surface area (Å²) in [6, 6.07) is 11.9. The van der Waals surface area contributed by atoms with Crippen LogP contribution in [0.2, 0.25) is 0 Å². The third kappa shape index (κ3) is 4.20. The molecule has 0 bridgehead atoms. The lowest BCUT2D eigenvalue weighted by molar-refractivity contribution is -0.123. The zero-order chi connectivity index (χ0) is 25.6. The number of carbonyl (C=O) groups is 1. The number of pyridine rings is 4. The highest BCUT2D eigenvalue weighted by Gasteiger charge is 2.21. The average Bonchev–Trinajstić information content (AvgIpc) is 3.52. The van der Waals surface area contributed by atoms with E-state index in [0.29, 0.717) is 11.3 Å². The van der Waals surface area contributed by atoms with Gasteiger partial charge in [-0.2, -0.15) is 5.10 Å². The number of nitrogens with one attached hydrogen (secondary N) is 3. The molecule has 37 heavy (non-hydrogen) atoms. The van der Waals surface area contributed by atoms with Crippen molar-refractivity contribution < 1.29 is 4.79 Å². The van der Waals surface area contributed by atoms with Crippen molar-refractivity contribution in [2.45, 2.75) is 20.8 Å². The Kier molecular flexibility index (Phi) is 5.26. The van der Waals surface area contributed by atoms with E-state index in [9.17, 15) is 4.79 Å². The first-order valence-electron chi connectivity index (χ1n) is 11.9. The summed E-state index contributed by atoms with van der Waals surface area (Å²) in [6.07, 6.45) is 10.5. The van der Waals surface area contributed by atoms with Crippen LogP contribution in [-0.2, 0) is 4.79 Å². The second-order valence-electron chi connectivity index (χ2n) is 9.90. The lowest BCUT2D eigenvalue weighted by atomic mass is 9.95. The second-order valence-corrected chi connectivity index (χ2v) is 9.90. The molecule has 0 unspecified atom stereocenters. The highest BCUT2D eigenvalue weighted by atomic mass is 16.2. The Bertz CT molecular complexity index is 1760. The van der Waals surface area contributed by atoms with Gasteiger partial charge in [0.2, 0.25) is 5.91 Å². The van der Waals surface area contributed by atoms with Crippen LogP contribution in [0.15, 0.2) is 73.6 Å². The Labute approximate surface area is 212 Å². The maximum Gasteiger partial charge on any atom is 0.229 e. The molecule has 3 N–H and O–H groups in total. The van der Waals surface area contributed by atoms with E-state index in [1.165, 1.54) is 0 Å². The molecule has 182 valence electrons. The molecule has 6 aromatic heterocycles. The summed E-state index contributed by atoms with van der Waals surface area (Å²) in [5.74, 6) is -0.0739. The summed E-state index contributed by atoms with van der Waals surface area (Å²) >= 11 is 0. The fourth-order valence-corrected chi connectivity index (χ4v) is 4.18. The summed E-state index contributed by atoms with van der Waals surface area (Å²) in [7, 11) is 0. The maximum atomic E-state index is 12.4. The number of rotatable bonds is 4. The van der Waals surface area contributed by atoms with E-state index in [1.54, 1.807) is 31.0 Å². The third-order valence-corrected chi connectivity index (χ3v) is 6.19. The number of hydrogen-bond donors (Lipinski definition) is 3. The minimum absolute atomic E-state index is 0.0739. The minimum Gasteiger partial charge on any atom is -0.338 e. The Morgan fingerprint density at radius 1 is 0.838 bits per heavy atom. The smallest absolute Gasteiger partial charge is 0.229 e. The van der Waals surface area contributed by atoms with Crippen LogP contribution in [0.5, 0.6) is 0 Å². The number of amides is 1. The summed E-state index contributed by atoms with van der Waals surface area (Å²) in [4.78, 5) is 33.5. The molecule has 9 nitrogen and oxygen atoms in total. The van der Waals surface area contributed by atoms with Gasteiger partial charge >= 0.3 is 0 Å². The van der Waals surface area contributed by atoms with Crippen LogP contribution in [0.3, 0.4) is 0 Å². The number of hydrogen-bond acceptors (Lipinski definition) is 6. The number of fused-ring (bicyclic) bond motifs is 2. The number of nitrogens with zero attached hydrogens (tertiary/aromatic N) is 5. The molecule has 0 radical (unpaired) electrons. The van der Waals surface area contributed by atoms with E-state index < -0.39 is 5.41 Å². The van der Waals surface area contributed by atoms with Gasteiger partial charge < -0.3 is 10.3 Å². The number of carbonyl (C=O) groups excluding carboxylic acids is 1. The monoisotopic (exact) mass is 488 g/mol. The lowest BCUT2D eigenvalue weighted by Gasteiger charge is -2.17. The number of aromatic nitrogens is 7. The summed E-state index contributed by atoms with van der Waals surface area (Å²) in [6.45, 7) is 5.62. The minimum atomic E-state index is -0.506.